The second-order valence-electron chi connectivity index (χ2n) is 12.2. The number of hydrogen-bond acceptors (Lipinski definition) is 4. The first-order valence-electron chi connectivity index (χ1n) is 13.1. The van der Waals surface area contributed by atoms with Crippen molar-refractivity contribution in [2.45, 2.75) is 93.7 Å². The Morgan fingerprint density at radius 1 is 0.925 bits per heavy atom. The van der Waals surface area contributed by atoms with Gasteiger partial charge in [-0.3, -0.25) is 0 Å². The first kappa shape index (κ1) is 32.5. The number of alkyl halides is 3. The smallest absolute Gasteiger partial charge is 0.412 e. The van der Waals surface area contributed by atoms with Gasteiger partial charge in [-0.25, -0.2) is 13.9 Å². The summed E-state index contributed by atoms with van der Waals surface area (Å²) in [6.07, 6.45) is -3.03. The number of halogens is 3. The maximum absolute atomic E-state index is 14.6. The third-order valence-electron chi connectivity index (χ3n) is 6.97. The zero-order valence-corrected chi connectivity index (χ0v) is 27.0. The molecule has 4 nitrogen and oxygen atoms in total. The van der Waals surface area contributed by atoms with Crippen LogP contribution in [0.3, 0.4) is 0 Å². The molecular formula is C30H39F3N2O2S2Si. The maximum Gasteiger partial charge on any atom is 0.417 e. The topological polar surface area (TPSA) is 51.2 Å². The molecule has 0 saturated heterocycles. The van der Waals surface area contributed by atoms with Crippen molar-refractivity contribution in [2.24, 2.45) is 0 Å². The van der Waals surface area contributed by atoms with E-state index in [1.165, 1.54) is 6.07 Å². The molecule has 2 aromatic carbocycles. The van der Waals surface area contributed by atoms with Gasteiger partial charge in [-0.05, 0) is 73.8 Å². The fourth-order valence-corrected chi connectivity index (χ4v) is 6.29. The average molecular weight is 609 g/mol. The van der Waals surface area contributed by atoms with E-state index in [1.54, 1.807) is 42.6 Å². The number of pyridine rings is 1. The van der Waals surface area contributed by atoms with Crippen molar-refractivity contribution in [2.75, 3.05) is 0 Å². The van der Waals surface area contributed by atoms with Gasteiger partial charge in [0.05, 0.1) is 27.9 Å². The van der Waals surface area contributed by atoms with Crippen LogP contribution in [0, 0.1) is 0 Å². The molecule has 218 valence electrons. The first-order valence-corrected chi connectivity index (χ1v) is 18.0. The van der Waals surface area contributed by atoms with Gasteiger partial charge in [0.15, 0.2) is 8.32 Å². The summed E-state index contributed by atoms with van der Waals surface area (Å²) in [7, 11) is -3.57. The summed E-state index contributed by atoms with van der Waals surface area (Å²) in [6.45, 7) is 16.4. The van der Waals surface area contributed by atoms with E-state index in [4.69, 9.17) is 4.43 Å². The third kappa shape index (κ3) is 8.28. The first-order chi connectivity index (χ1) is 18.4. The van der Waals surface area contributed by atoms with E-state index in [2.05, 4.69) is 43.6 Å². The van der Waals surface area contributed by atoms with Crippen molar-refractivity contribution >= 4 is 31.1 Å². The fourth-order valence-electron chi connectivity index (χ4n) is 3.51. The molecule has 0 aliphatic heterocycles. The second-order valence-corrected chi connectivity index (χ2v) is 20.1. The van der Waals surface area contributed by atoms with Crippen LogP contribution in [0.15, 0.2) is 70.7 Å². The number of benzene rings is 2. The highest BCUT2D eigenvalue weighted by atomic mass is 32.2. The Hall–Kier alpha value is -1.98. The van der Waals surface area contributed by atoms with Gasteiger partial charge in [-0.2, -0.15) is 13.2 Å². The van der Waals surface area contributed by atoms with Crippen LogP contribution in [0.25, 0.3) is 11.1 Å². The van der Waals surface area contributed by atoms with Gasteiger partial charge in [0.1, 0.15) is 5.03 Å². The van der Waals surface area contributed by atoms with Crippen LogP contribution in [0.1, 0.15) is 58.2 Å². The molecule has 0 saturated carbocycles. The average Bonchev–Trinajstić information content (AvgIpc) is 2.85. The molecule has 0 radical (unpaired) electrons. The summed E-state index contributed by atoms with van der Waals surface area (Å²) >= 11 is 0.981. The van der Waals surface area contributed by atoms with Crippen LogP contribution < -0.4 is 4.72 Å². The minimum atomic E-state index is -4.61. The highest BCUT2D eigenvalue weighted by Gasteiger charge is 2.38. The van der Waals surface area contributed by atoms with Crippen LogP contribution in [0.4, 0.5) is 13.2 Å². The Morgan fingerprint density at radius 2 is 1.57 bits per heavy atom. The summed E-state index contributed by atoms with van der Waals surface area (Å²) in [5.74, 6) is 0. The van der Waals surface area contributed by atoms with Gasteiger partial charge in [0.25, 0.3) is 0 Å². The molecule has 1 atom stereocenters. The van der Waals surface area contributed by atoms with Crippen molar-refractivity contribution < 1.29 is 21.8 Å². The summed E-state index contributed by atoms with van der Waals surface area (Å²) < 4.78 is 65.4. The van der Waals surface area contributed by atoms with E-state index >= 15 is 0 Å². The Labute approximate surface area is 244 Å². The fraction of sp³-hybridized carbons (Fsp3) is 0.433. The molecule has 0 fully saturated rings. The van der Waals surface area contributed by atoms with E-state index in [9.17, 15) is 17.4 Å². The molecule has 0 aliphatic rings. The Kier molecular flexibility index (Phi) is 10.2. The zero-order chi connectivity index (χ0) is 29.9. The standard InChI is InChI=1S/C30H39F3N2O2S2Si/c1-28(2,3)39(36)35-19-24-17-23(21-13-10-9-11-14-21)18-25(30(31,32)33)26(24)38-27-22(15-12-16-34-27)20-37-40(7,8)29(4,5)6/h9-18,35H,19-20H2,1-8H3. The highest BCUT2D eigenvalue weighted by molar-refractivity contribution is 7.99. The molecule has 1 N–H and O–H groups in total. The predicted octanol–water partition coefficient (Wildman–Crippen LogP) is 8.99. The number of nitrogens with one attached hydrogen (secondary N) is 1. The lowest BCUT2D eigenvalue weighted by atomic mass is 9.99. The number of hydrogen-bond donors (Lipinski definition) is 1. The molecule has 1 aromatic heterocycles. The predicted molar refractivity (Wildman–Crippen MR) is 162 cm³/mol. The lowest BCUT2D eigenvalue weighted by molar-refractivity contribution is -0.139. The van der Waals surface area contributed by atoms with E-state index in [-0.39, 0.29) is 23.1 Å². The van der Waals surface area contributed by atoms with Crippen LogP contribution >= 0.6 is 11.8 Å². The molecule has 40 heavy (non-hydrogen) atoms. The van der Waals surface area contributed by atoms with Crippen LogP contribution in [-0.2, 0) is 34.7 Å². The van der Waals surface area contributed by atoms with Crippen LogP contribution in [-0.4, -0.2) is 22.3 Å². The van der Waals surface area contributed by atoms with Gasteiger partial charge in [-0.1, -0.05) is 68.9 Å². The summed E-state index contributed by atoms with van der Waals surface area (Å²) in [6, 6.07) is 15.5. The molecule has 3 rings (SSSR count). The largest absolute Gasteiger partial charge is 0.417 e. The molecule has 1 heterocycles. The minimum absolute atomic E-state index is 0.00139. The Morgan fingerprint density at radius 3 is 2.15 bits per heavy atom. The normalized spacial score (nSPS) is 13.9. The lowest BCUT2D eigenvalue weighted by Crippen LogP contribution is -2.40. The second kappa shape index (κ2) is 12.5. The summed E-state index contributed by atoms with van der Waals surface area (Å²) in [5, 5.41) is 0.443. The highest BCUT2D eigenvalue weighted by Crippen LogP contribution is 2.44. The summed E-state index contributed by atoms with van der Waals surface area (Å²) in [4.78, 5) is 4.51. The van der Waals surface area contributed by atoms with Gasteiger partial charge in [0, 0.05) is 23.2 Å². The van der Waals surface area contributed by atoms with Crippen LogP contribution in [0.5, 0.6) is 0 Å². The molecule has 1 unspecified atom stereocenters. The van der Waals surface area contributed by atoms with Crippen molar-refractivity contribution in [1.82, 2.24) is 9.71 Å². The van der Waals surface area contributed by atoms with Gasteiger partial charge >= 0.3 is 6.18 Å². The maximum atomic E-state index is 14.6. The molecule has 0 spiro atoms. The van der Waals surface area contributed by atoms with Crippen molar-refractivity contribution in [1.29, 1.82) is 0 Å². The molecule has 10 heteroatoms. The van der Waals surface area contributed by atoms with Gasteiger partial charge in [-0.15, -0.1) is 0 Å². The van der Waals surface area contributed by atoms with E-state index < -0.39 is 35.8 Å². The minimum Gasteiger partial charge on any atom is -0.412 e. The molecule has 0 aliphatic carbocycles. The van der Waals surface area contributed by atoms with Gasteiger partial charge in [0.2, 0.25) is 0 Å². The van der Waals surface area contributed by atoms with Crippen molar-refractivity contribution in [3.05, 3.63) is 77.5 Å². The lowest BCUT2D eigenvalue weighted by Gasteiger charge is -2.36. The monoisotopic (exact) mass is 608 g/mol. The van der Waals surface area contributed by atoms with E-state index in [0.29, 0.717) is 21.7 Å². The zero-order valence-electron chi connectivity index (χ0n) is 24.4. The molecule has 0 amide bonds. The molecule has 3 aromatic rings. The number of rotatable bonds is 9. The van der Waals surface area contributed by atoms with Crippen molar-refractivity contribution in [3.8, 4) is 11.1 Å². The molecular weight excluding hydrogens is 570 g/mol. The number of nitrogens with zero attached hydrogens (tertiary/aromatic N) is 1. The van der Waals surface area contributed by atoms with E-state index in [0.717, 1.165) is 17.3 Å². The summed E-state index contributed by atoms with van der Waals surface area (Å²) in [5.41, 5.74) is 1.49. The number of aromatic nitrogens is 1. The third-order valence-corrected chi connectivity index (χ3v) is 14.2. The van der Waals surface area contributed by atoms with Crippen LogP contribution in [0.2, 0.25) is 18.1 Å². The molecule has 0 bridgehead atoms. The Balaban J connectivity index is 2.11. The van der Waals surface area contributed by atoms with E-state index in [1.807, 2.05) is 32.9 Å². The SMILES string of the molecule is CC(C)(C)S(=O)NCc1cc(-c2ccccc2)cc(C(F)(F)F)c1Sc1ncccc1CO[Si](C)(C)C(C)(C)C. The quantitative estimate of drug-likeness (QED) is 0.246. The van der Waals surface area contributed by atoms with Crippen molar-refractivity contribution in [3.63, 3.8) is 0 Å². The Bertz CT molecular complexity index is 1340. The van der Waals surface area contributed by atoms with Gasteiger partial charge < -0.3 is 4.43 Å².